The van der Waals surface area contributed by atoms with Gasteiger partial charge in [0, 0.05) is 0 Å². The molecule has 2 aliphatic rings. The lowest BCUT2D eigenvalue weighted by Crippen LogP contribution is -2.49. The maximum Gasteiger partial charge on any atom is 0.344 e. The highest BCUT2D eigenvalue weighted by atomic mass is 16.5. The zero-order valence-electron chi connectivity index (χ0n) is 15.5. The summed E-state index contributed by atoms with van der Waals surface area (Å²) in [5.41, 5.74) is 4.30. The van der Waals surface area contributed by atoms with E-state index in [4.69, 9.17) is 4.74 Å². The van der Waals surface area contributed by atoms with Gasteiger partial charge in [-0.3, -0.25) is 15.0 Å². The molecular weight excluding hydrogens is 358 g/mol. The molecule has 4 amide bonds. The average molecular weight is 379 g/mol. The van der Waals surface area contributed by atoms with Crippen LogP contribution in [0.3, 0.4) is 0 Å². The Morgan fingerprint density at radius 1 is 1.14 bits per heavy atom. The van der Waals surface area contributed by atoms with Crippen LogP contribution in [-0.2, 0) is 28.0 Å². The fourth-order valence-corrected chi connectivity index (χ4v) is 3.65. The lowest BCUT2D eigenvalue weighted by atomic mass is 9.92. The second kappa shape index (κ2) is 6.99. The number of ether oxygens (including phenoxy) is 1. The van der Waals surface area contributed by atoms with E-state index in [1.807, 2.05) is 24.3 Å². The number of carbonyl (C=O) groups is 3. The number of imide groups is 1. The Morgan fingerprint density at radius 2 is 1.89 bits per heavy atom. The summed E-state index contributed by atoms with van der Waals surface area (Å²) in [7, 11) is 0. The van der Waals surface area contributed by atoms with Crippen molar-refractivity contribution in [3.63, 3.8) is 0 Å². The minimum absolute atomic E-state index is 0.294. The summed E-state index contributed by atoms with van der Waals surface area (Å²) in [5, 5.41) is 3.35. The van der Waals surface area contributed by atoms with Gasteiger partial charge in [0.05, 0.1) is 0 Å². The molecule has 0 unspecified atom stereocenters. The molecule has 7 heteroatoms. The van der Waals surface area contributed by atoms with E-state index in [-0.39, 0.29) is 6.61 Å². The quantitative estimate of drug-likeness (QED) is 0.779. The van der Waals surface area contributed by atoms with E-state index in [0.29, 0.717) is 16.3 Å². The molecule has 0 aromatic heterocycles. The number of rotatable bonds is 5. The summed E-state index contributed by atoms with van der Waals surface area (Å²) in [6, 6.07) is 14.0. The van der Waals surface area contributed by atoms with Crippen molar-refractivity contribution >= 4 is 17.8 Å². The number of hydrazine groups is 1. The monoisotopic (exact) mass is 379 g/mol. The van der Waals surface area contributed by atoms with Gasteiger partial charge in [-0.1, -0.05) is 36.4 Å². The molecule has 1 heterocycles. The van der Waals surface area contributed by atoms with Crippen molar-refractivity contribution in [1.29, 1.82) is 0 Å². The van der Waals surface area contributed by atoms with Gasteiger partial charge < -0.3 is 10.1 Å². The maximum absolute atomic E-state index is 12.8. The molecule has 0 spiro atoms. The summed E-state index contributed by atoms with van der Waals surface area (Å²) in [6.07, 6.45) is 3.22. The summed E-state index contributed by atoms with van der Waals surface area (Å²) in [5.74, 6) is -0.530. The normalized spacial score (nSPS) is 20.7. The summed E-state index contributed by atoms with van der Waals surface area (Å²) < 4.78 is 5.53. The number of nitrogens with zero attached hydrogens (tertiary/aromatic N) is 1. The minimum atomic E-state index is -1.23. The van der Waals surface area contributed by atoms with Crippen molar-refractivity contribution in [2.45, 2.75) is 31.7 Å². The highest BCUT2D eigenvalue weighted by molar-refractivity contribution is 6.08. The zero-order chi connectivity index (χ0) is 19.7. The standard InChI is InChI=1S/C21H21N3O4/c1-21(16-8-3-2-4-9-16)19(26)24(20(27)22-21)23-18(25)13-28-17-11-10-14-6-5-7-15(14)12-17/h2-4,8-12H,5-7,13H2,1H3,(H,22,27)(H,23,25)/t21-/m0/s1. The number of urea groups is 1. The average Bonchev–Trinajstić information content (AvgIpc) is 3.25. The highest BCUT2D eigenvalue weighted by Crippen LogP contribution is 2.28. The Bertz CT molecular complexity index is 944. The third kappa shape index (κ3) is 3.19. The molecule has 1 aliphatic carbocycles. The number of nitrogens with one attached hydrogen (secondary N) is 2. The van der Waals surface area contributed by atoms with Crippen molar-refractivity contribution in [1.82, 2.24) is 15.8 Å². The van der Waals surface area contributed by atoms with E-state index in [1.54, 1.807) is 31.2 Å². The highest BCUT2D eigenvalue weighted by Gasteiger charge is 2.49. The number of aryl methyl sites for hydroxylation is 2. The van der Waals surface area contributed by atoms with Gasteiger partial charge in [0.15, 0.2) is 6.61 Å². The molecule has 2 aromatic carbocycles. The number of hydrogen-bond acceptors (Lipinski definition) is 4. The first-order valence-corrected chi connectivity index (χ1v) is 9.24. The molecular formula is C21H21N3O4. The summed E-state index contributed by atoms with van der Waals surface area (Å²) in [4.78, 5) is 37.2. The van der Waals surface area contributed by atoms with Gasteiger partial charge in [0.1, 0.15) is 11.3 Å². The molecule has 0 bridgehead atoms. The molecule has 7 nitrogen and oxygen atoms in total. The SMILES string of the molecule is C[C@@]1(c2ccccc2)NC(=O)N(NC(=O)COc2ccc3c(c2)CCC3)C1=O. The number of benzene rings is 2. The van der Waals surface area contributed by atoms with E-state index in [2.05, 4.69) is 10.7 Å². The van der Waals surface area contributed by atoms with Crippen molar-refractivity contribution in [3.05, 3.63) is 65.2 Å². The molecule has 1 saturated heterocycles. The second-order valence-corrected chi connectivity index (χ2v) is 7.17. The summed E-state index contributed by atoms with van der Waals surface area (Å²) >= 11 is 0. The molecule has 0 radical (unpaired) electrons. The van der Waals surface area contributed by atoms with Gasteiger partial charge in [-0.2, -0.15) is 5.01 Å². The first-order chi connectivity index (χ1) is 13.5. The van der Waals surface area contributed by atoms with Crippen molar-refractivity contribution in [2.75, 3.05) is 6.61 Å². The van der Waals surface area contributed by atoms with Crippen LogP contribution in [0, 0.1) is 0 Å². The Balaban J connectivity index is 1.39. The summed E-state index contributed by atoms with van der Waals surface area (Å²) in [6.45, 7) is 1.31. The van der Waals surface area contributed by atoms with Crippen molar-refractivity contribution in [3.8, 4) is 5.75 Å². The molecule has 4 rings (SSSR count). The smallest absolute Gasteiger partial charge is 0.344 e. The largest absolute Gasteiger partial charge is 0.484 e. The lowest BCUT2D eigenvalue weighted by molar-refractivity contribution is -0.139. The van der Waals surface area contributed by atoms with Crippen LogP contribution in [0.5, 0.6) is 5.75 Å². The minimum Gasteiger partial charge on any atom is -0.484 e. The van der Waals surface area contributed by atoms with Crippen LogP contribution >= 0.6 is 0 Å². The van der Waals surface area contributed by atoms with E-state index < -0.39 is 23.4 Å². The van der Waals surface area contributed by atoms with Crippen LogP contribution in [0.2, 0.25) is 0 Å². The van der Waals surface area contributed by atoms with Crippen molar-refractivity contribution < 1.29 is 19.1 Å². The first-order valence-electron chi connectivity index (χ1n) is 9.24. The maximum atomic E-state index is 12.8. The van der Waals surface area contributed by atoms with Gasteiger partial charge in [-0.05, 0) is 55.0 Å². The third-order valence-corrected chi connectivity index (χ3v) is 5.22. The van der Waals surface area contributed by atoms with Crippen LogP contribution in [0.15, 0.2) is 48.5 Å². The zero-order valence-corrected chi connectivity index (χ0v) is 15.5. The molecule has 28 heavy (non-hydrogen) atoms. The fraction of sp³-hybridized carbons (Fsp3) is 0.286. The first kappa shape index (κ1) is 18.0. The van der Waals surface area contributed by atoms with Crippen LogP contribution < -0.4 is 15.5 Å². The fourth-order valence-electron chi connectivity index (χ4n) is 3.65. The van der Waals surface area contributed by atoms with Gasteiger partial charge in [-0.25, -0.2) is 4.79 Å². The van der Waals surface area contributed by atoms with Gasteiger partial charge in [0.2, 0.25) is 0 Å². The number of hydrogen-bond donors (Lipinski definition) is 2. The Kier molecular flexibility index (Phi) is 4.50. The Labute approximate surface area is 162 Å². The predicted octanol–water partition coefficient (Wildman–Crippen LogP) is 2.05. The molecule has 1 atom stereocenters. The topological polar surface area (TPSA) is 87.7 Å². The van der Waals surface area contributed by atoms with E-state index in [1.165, 1.54) is 11.1 Å². The van der Waals surface area contributed by atoms with Crippen LogP contribution in [0.1, 0.15) is 30.0 Å². The Hall–Kier alpha value is -3.35. The predicted molar refractivity (Wildman–Crippen MR) is 101 cm³/mol. The molecule has 0 saturated carbocycles. The molecule has 1 fully saturated rings. The number of amides is 4. The van der Waals surface area contributed by atoms with E-state index >= 15 is 0 Å². The lowest BCUT2D eigenvalue weighted by Gasteiger charge is -2.22. The van der Waals surface area contributed by atoms with E-state index in [9.17, 15) is 14.4 Å². The van der Waals surface area contributed by atoms with Gasteiger partial charge >= 0.3 is 6.03 Å². The number of fused-ring (bicyclic) bond motifs is 1. The molecule has 2 N–H and O–H groups in total. The van der Waals surface area contributed by atoms with Crippen LogP contribution in [0.4, 0.5) is 4.79 Å². The van der Waals surface area contributed by atoms with Gasteiger partial charge in [-0.15, -0.1) is 0 Å². The third-order valence-electron chi connectivity index (χ3n) is 5.22. The molecule has 2 aromatic rings. The second-order valence-electron chi connectivity index (χ2n) is 7.17. The Morgan fingerprint density at radius 3 is 2.68 bits per heavy atom. The van der Waals surface area contributed by atoms with Crippen molar-refractivity contribution in [2.24, 2.45) is 0 Å². The molecule has 1 aliphatic heterocycles. The van der Waals surface area contributed by atoms with Gasteiger partial charge in [0.25, 0.3) is 11.8 Å². The molecule has 144 valence electrons. The van der Waals surface area contributed by atoms with E-state index in [0.717, 1.165) is 19.3 Å². The van der Waals surface area contributed by atoms with Crippen LogP contribution in [0.25, 0.3) is 0 Å². The number of carbonyl (C=O) groups excluding carboxylic acids is 3. The van der Waals surface area contributed by atoms with Crippen LogP contribution in [-0.4, -0.2) is 29.5 Å².